The maximum atomic E-state index is 13.9. The summed E-state index contributed by atoms with van der Waals surface area (Å²) in [6.07, 6.45) is 1.51. The number of methoxy groups -OCH3 is 1. The number of hydrogen-bond donors (Lipinski definition) is 2. The Kier molecular flexibility index (Phi) is 3.10. The number of ether oxygens (including phenoxy) is 1. The van der Waals surface area contributed by atoms with Gasteiger partial charge in [0.05, 0.1) is 18.4 Å². The van der Waals surface area contributed by atoms with Crippen LogP contribution in [0.4, 0.5) is 10.1 Å². The normalized spacial score (nSPS) is 10.8. The van der Waals surface area contributed by atoms with Crippen LogP contribution in [-0.4, -0.2) is 17.9 Å². The molecule has 0 amide bonds. The van der Waals surface area contributed by atoms with E-state index in [1.54, 1.807) is 24.3 Å². The molecule has 0 saturated carbocycles. The number of carbonyl (C=O) groups is 1. The number of rotatable bonds is 3. The number of hydrogen-bond acceptors (Lipinski definition) is 3. The molecule has 106 valence electrons. The number of nitrogen functional groups attached to an aromatic ring is 1. The second kappa shape index (κ2) is 4.94. The van der Waals surface area contributed by atoms with Crippen LogP contribution in [0, 0.1) is 5.82 Å². The van der Waals surface area contributed by atoms with Crippen molar-refractivity contribution in [3.05, 3.63) is 59.5 Å². The fourth-order valence-corrected chi connectivity index (χ4v) is 2.35. The molecule has 0 atom stereocenters. The lowest BCUT2D eigenvalue weighted by Gasteiger charge is -2.06. The van der Waals surface area contributed by atoms with Gasteiger partial charge in [0.1, 0.15) is 11.6 Å². The van der Waals surface area contributed by atoms with Crippen molar-refractivity contribution in [1.82, 2.24) is 4.98 Å². The van der Waals surface area contributed by atoms with E-state index in [9.17, 15) is 9.18 Å². The number of ketones is 1. The molecule has 1 aromatic heterocycles. The lowest BCUT2D eigenvalue weighted by Crippen LogP contribution is -2.03. The number of H-pyrrole nitrogens is 1. The maximum Gasteiger partial charge on any atom is 0.195 e. The highest BCUT2D eigenvalue weighted by atomic mass is 19.1. The number of benzene rings is 2. The molecule has 3 aromatic rings. The highest BCUT2D eigenvalue weighted by Crippen LogP contribution is 2.27. The van der Waals surface area contributed by atoms with Crippen molar-refractivity contribution in [3.63, 3.8) is 0 Å². The summed E-state index contributed by atoms with van der Waals surface area (Å²) in [5.74, 6) is -0.226. The Labute approximate surface area is 120 Å². The number of aromatic nitrogens is 1. The van der Waals surface area contributed by atoms with Crippen molar-refractivity contribution >= 4 is 22.4 Å². The standard InChI is InChI=1S/C16H13FN2O2/c1-21-14-6-5-9(7-12(14)18)16(20)10-8-19-13-4-2-3-11(17)15(10)13/h2-8,19H,18H2,1H3. The highest BCUT2D eigenvalue weighted by molar-refractivity contribution is 6.16. The summed E-state index contributed by atoms with van der Waals surface area (Å²) in [4.78, 5) is 15.4. The second-order valence-electron chi connectivity index (χ2n) is 4.65. The lowest BCUT2D eigenvalue weighted by atomic mass is 10.0. The Hall–Kier alpha value is -2.82. The van der Waals surface area contributed by atoms with Crippen molar-refractivity contribution in [2.24, 2.45) is 0 Å². The van der Waals surface area contributed by atoms with Gasteiger partial charge in [0.15, 0.2) is 5.78 Å². The third-order valence-corrected chi connectivity index (χ3v) is 3.39. The molecule has 3 rings (SSSR count). The summed E-state index contributed by atoms with van der Waals surface area (Å²) in [7, 11) is 1.50. The summed E-state index contributed by atoms with van der Waals surface area (Å²) < 4.78 is 19.0. The summed E-state index contributed by atoms with van der Waals surface area (Å²) in [5, 5.41) is 0.289. The smallest absolute Gasteiger partial charge is 0.195 e. The maximum absolute atomic E-state index is 13.9. The van der Waals surface area contributed by atoms with Crippen LogP contribution in [0.2, 0.25) is 0 Å². The molecule has 0 bridgehead atoms. The Balaban J connectivity index is 2.11. The number of halogens is 1. The van der Waals surface area contributed by atoms with Crippen molar-refractivity contribution in [3.8, 4) is 5.75 Å². The van der Waals surface area contributed by atoms with E-state index >= 15 is 0 Å². The predicted octanol–water partition coefficient (Wildman–Crippen LogP) is 3.13. The molecule has 0 radical (unpaired) electrons. The molecule has 0 spiro atoms. The fourth-order valence-electron chi connectivity index (χ4n) is 2.35. The van der Waals surface area contributed by atoms with Crippen LogP contribution in [0.3, 0.4) is 0 Å². The van der Waals surface area contributed by atoms with Gasteiger partial charge >= 0.3 is 0 Å². The summed E-state index contributed by atoms with van der Waals surface area (Å²) in [6.45, 7) is 0. The van der Waals surface area contributed by atoms with Crippen LogP contribution in [0.25, 0.3) is 10.9 Å². The monoisotopic (exact) mass is 284 g/mol. The van der Waals surface area contributed by atoms with Gasteiger partial charge in [-0.25, -0.2) is 4.39 Å². The molecule has 0 unspecified atom stereocenters. The molecule has 2 aromatic carbocycles. The molecular formula is C16H13FN2O2. The second-order valence-corrected chi connectivity index (χ2v) is 4.65. The van der Waals surface area contributed by atoms with Gasteiger partial charge in [-0.3, -0.25) is 4.79 Å². The van der Waals surface area contributed by atoms with E-state index in [-0.39, 0.29) is 16.7 Å². The predicted molar refractivity (Wildman–Crippen MR) is 79.1 cm³/mol. The molecule has 4 nitrogen and oxygen atoms in total. The summed E-state index contributed by atoms with van der Waals surface area (Å²) in [5.41, 5.74) is 7.43. The molecule has 0 aliphatic carbocycles. The average Bonchev–Trinajstić information content (AvgIpc) is 2.92. The lowest BCUT2D eigenvalue weighted by molar-refractivity contribution is 0.104. The van der Waals surface area contributed by atoms with Crippen LogP contribution in [0.1, 0.15) is 15.9 Å². The Bertz CT molecular complexity index is 839. The third-order valence-electron chi connectivity index (χ3n) is 3.39. The Morgan fingerprint density at radius 1 is 1.29 bits per heavy atom. The van der Waals surface area contributed by atoms with Crippen molar-refractivity contribution < 1.29 is 13.9 Å². The van der Waals surface area contributed by atoms with Gasteiger partial charge in [0.2, 0.25) is 0 Å². The molecule has 0 saturated heterocycles. The van der Waals surface area contributed by atoms with Gasteiger partial charge in [0, 0.05) is 22.7 Å². The number of nitrogens with one attached hydrogen (secondary N) is 1. The number of carbonyl (C=O) groups excluding carboxylic acids is 1. The van der Waals surface area contributed by atoms with Crippen LogP contribution < -0.4 is 10.5 Å². The molecule has 5 heteroatoms. The highest BCUT2D eigenvalue weighted by Gasteiger charge is 2.17. The molecule has 3 N–H and O–H groups in total. The number of fused-ring (bicyclic) bond motifs is 1. The summed E-state index contributed by atoms with van der Waals surface area (Å²) >= 11 is 0. The van der Waals surface area contributed by atoms with E-state index in [0.717, 1.165) is 0 Å². The van der Waals surface area contributed by atoms with E-state index in [1.807, 2.05) is 0 Å². The van der Waals surface area contributed by atoms with Crippen molar-refractivity contribution in [2.45, 2.75) is 0 Å². The first-order chi connectivity index (χ1) is 10.1. The van der Waals surface area contributed by atoms with Crippen LogP contribution >= 0.6 is 0 Å². The first-order valence-corrected chi connectivity index (χ1v) is 6.35. The first kappa shape index (κ1) is 13.2. The third kappa shape index (κ3) is 2.12. The van der Waals surface area contributed by atoms with Crippen LogP contribution in [0.15, 0.2) is 42.6 Å². The van der Waals surface area contributed by atoms with Gasteiger partial charge in [0.25, 0.3) is 0 Å². The zero-order valence-electron chi connectivity index (χ0n) is 11.3. The first-order valence-electron chi connectivity index (χ1n) is 6.35. The van der Waals surface area contributed by atoms with Crippen molar-refractivity contribution in [1.29, 1.82) is 0 Å². The average molecular weight is 284 g/mol. The van der Waals surface area contributed by atoms with E-state index in [1.165, 1.54) is 25.4 Å². The topological polar surface area (TPSA) is 68.1 Å². The quantitative estimate of drug-likeness (QED) is 0.573. The number of aromatic amines is 1. The molecule has 0 aliphatic heterocycles. The van der Waals surface area contributed by atoms with Gasteiger partial charge in [-0.05, 0) is 30.3 Å². The van der Waals surface area contributed by atoms with Crippen LogP contribution in [0.5, 0.6) is 5.75 Å². The van der Waals surface area contributed by atoms with E-state index in [2.05, 4.69) is 4.98 Å². The fraction of sp³-hybridized carbons (Fsp3) is 0.0625. The SMILES string of the molecule is COc1ccc(C(=O)c2c[nH]c3cccc(F)c23)cc1N. The molecule has 0 aliphatic rings. The van der Waals surface area contributed by atoms with E-state index in [4.69, 9.17) is 10.5 Å². The number of anilines is 1. The largest absolute Gasteiger partial charge is 0.495 e. The Morgan fingerprint density at radius 2 is 2.10 bits per heavy atom. The summed E-state index contributed by atoms with van der Waals surface area (Å²) in [6, 6.07) is 9.40. The minimum atomic E-state index is -0.432. The molecule has 1 heterocycles. The zero-order valence-corrected chi connectivity index (χ0v) is 11.3. The minimum Gasteiger partial charge on any atom is -0.495 e. The van der Waals surface area contributed by atoms with Gasteiger partial charge in [-0.2, -0.15) is 0 Å². The van der Waals surface area contributed by atoms with Crippen LogP contribution in [-0.2, 0) is 0 Å². The van der Waals surface area contributed by atoms with E-state index in [0.29, 0.717) is 22.5 Å². The molecule has 0 fully saturated rings. The van der Waals surface area contributed by atoms with Gasteiger partial charge in [-0.1, -0.05) is 6.07 Å². The number of nitrogens with two attached hydrogens (primary N) is 1. The molecular weight excluding hydrogens is 271 g/mol. The zero-order chi connectivity index (χ0) is 15.0. The Morgan fingerprint density at radius 3 is 2.81 bits per heavy atom. The van der Waals surface area contributed by atoms with Gasteiger partial charge in [-0.15, -0.1) is 0 Å². The molecule has 21 heavy (non-hydrogen) atoms. The van der Waals surface area contributed by atoms with Gasteiger partial charge < -0.3 is 15.5 Å². The van der Waals surface area contributed by atoms with Crippen molar-refractivity contribution in [2.75, 3.05) is 12.8 Å². The van der Waals surface area contributed by atoms with E-state index < -0.39 is 5.82 Å². The minimum absolute atomic E-state index is 0.285.